The van der Waals surface area contributed by atoms with E-state index in [2.05, 4.69) is 16.0 Å². The normalized spacial score (nSPS) is 27.0. The second-order valence-electron chi connectivity index (χ2n) is 24.6. The van der Waals surface area contributed by atoms with Gasteiger partial charge >= 0.3 is 30.0 Å². The van der Waals surface area contributed by atoms with Crippen molar-refractivity contribution in [2.24, 2.45) is 22.7 Å². The van der Waals surface area contributed by atoms with E-state index in [0.717, 1.165) is 0 Å². The van der Waals surface area contributed by atoms with Gasteiger partial charge in [0, 0.05) is 59.0 Å². The molecule has 12 atom stereocenters. The number of fused-ring (bicyclic) bond motifs is 5. The number of alkyl carbamates (subject to hydrolysis) is 1. The van der Waals surface area contributed by atoms with Crippen LogP contribution < -0.4 is 16.0 Å². The maximum atomic E-state index is 15.9. The van der Waals surface area contributed by atoms with Crippen LogP contribution in [0.25, 0.3) is 0 Å². The quantitative estimate of drug-likeness (QED) is 0.0454. The second kappa shape index (κ2) is 27.8. The van der Waals surface area contributed by atoms with Crippen LogP contribution in [0, 0.1) is 22.7 Å². The minimum absolute atomic E-state index is 0.0571. The summed E-state index contributed by atoms with van der Waals surface area (Å²) < 4.78 is 54.3. The minimum Gasteiger partial charge on any atom is -0.455 e. The summed E-state index contributed by atoms with van der Waals surface area (Å²) >= 11 is 0. The Hall–Kier alpha value is -6.63. The van der Waals surface area contributed by atoms with Gasteiger partial charge in [0.05, 0.1) is 48.7 Å². The van der Waals surface area contributed by atoms with Gasteiger partial charge in [0.15, 0.2) is 17.2 Å². The van der Waals surface area contributed by atoms with E-state index in [9.17, 15) is 38.7 Å². The largest absolute Gasteiger partial charge is 0.455 e. The SMILES string of the molecule is COCC(=O)NCCCCC(NC(=O)CN(C)CC(=O)OC(C(=O)O[C@H]1C[C@@]2(O)C(OC(=O)c3ccccc3)C3[C@]4(OC(C)=O)COC4C[C@H](OC)[C@@]3(C)C(=O)[C@H](OC)C(=C1C)C2(C)C)[C@@H](NC(=O)OC(C)(C)C)c1ccccc1)C(=O)C(C)C. The maximum Gasteiger partial charge on any atom is 0.408 e. The van der Waals surface area contributed by atoms with Crippen molar-refractivity contribution >= 4 is 53.4 Å². The van der Waals surface area contributed by atoms with Gasteiger partial charge in [-0.1, -0.05) is 76.2 Å². The average Bonchev–Trinajstić information content (AvgIpc) is 0.678. The van der Waals surface area contributed by atoms with Gasteiger partial charge < -0.3 is 63.7 Å². The summed E-state index contributed by atoms with van der Waals surface area (Å²) in [6.07, 6.45) is -8.96. The highest BCUT2D eigenvalue weighted by molar-refractivity contribution is 5.95. The zero-order chi connectivity index (χ0) is 63.0. The van der Waals surface area contributed by atoms with Crippen LogP contribution >= 0.6 is 0 Å². The molecule has 1 heterocycles. The van der Waals surface area contributed by atoms with Crippen LogP contribution in [-0.4, -0.2) is 184 Å². The molecule has 4 aliphatic rings. The predicted octanol–water partition coefficient (Wildman–Crippen LogP) is 4.69. The minimum atomic E-state index is -2.37. The number of ketones is 2. The van der Waals surface area contributed by atoms with Crippen LogP contribution in [0.5, 0.6) is 0 Å². The zero-order valence-electron chi connectivity index (χ0n) is 51.4. The van der Waals surface area contributed by atoms with E-state index in [0.29, 0.717) is 19.4 Å². The molecule has 3 aliphatic carbocycles. The lowest BCUT2D eigenvalue weighted by atomic mass is 9.44. The summed E-state index contributed by atoms with van der Waals surface area (Å²) in [6, 6.07) is 13.6. The van der Waals surface area contributed by atoms with Crippen molar-refractivity contribution in [1.82, 2.24) is 20.9 Å². The van der Waals surface area contributed by atoms with E-state index < -0.39 is 149 Å². The standard InChI is InChI=1S/C62H86N4O19/c1-35(2)49(71)40(27-21-22-28-63-45(69)33-77-12)64-44(68)31-66(11)32-46(70)82-51(48(38-23-17-15-18-24-38)65-57(75)85-58(5,6)7)56(74)81-41-30-62(76)54(83-55(73)39-25-19-16-20-26-39)52-60(10,53(72)50(79-14)47(36(41)3)59(62,8)9)42(78-13)29-43-61(52,34-80-43)84-37(4)67/h15-20,23-26,35,40-43,48,50-52,54,76H,21-22,27-34H2,1-14H3,(H,63,69)(H,64,68)(H,65,75)/t40?,41-,42-,43?,48-,50+,51?,52?,54?,60+,61-,62+/m0/s1. The fourth-order valence-corrected chi connectivity index (χ4v) is 12.7. The van der Waals surface area contributed by atoms with Gasteiger partial charge in [0.25, 0.3) is 0 Å². The number of unbranched alkanes of at least 4 members (excludes halogenated alkanes) is 1. The van der Waals surface area contributed by atoms with Crippen molar-refractivity contribution < 1.29 is 90.9 Å². The molecule has 1 saturated heterocycles. The Morgan fingerprint density at radius 1 is 0.859 bits per heavy atom. The molecule has 1 aliphatic heterocycles. The van der Waals surface area contributed by atoms with Crippen LogP contribution in [0.2, 0.25) is 0 Å². The fraction of sp³-hybridized carbons (Fsp3) is 0.629. The first-order valence-electron chi connectivity index (χ1n) is 28.7. The molecule has 23 heteroatoms. The molecule has 3 fully saturated rings. The average molecular weight is 1190 g/mol. The third kappa shape index (κ3) is 14.8. The molecule has 0 spiro atoms. The highest BCUT2D eigenvalue weighted by Crippen LogP contribution is 2.65. The number of carbonyl (C=O) groups is 9. The van der Waals surface area contributed by atoms with Gasteiger partial charge in [-0.3, -0.25) is 33.7 Å². The molecular weight excluding hydrogens is 1100 g/mol. The number of hydrogen-bond donors (Lipinski definition) is 4. The summed E-state index contributed by atoms with van der Waals surface area (Å²) in [5.41, 5.74) is -7.71. The summed E-state index contributed by atoms with van der Waals surface area (Å²) in [4.78, 5) is 128. The Morgan fingerprint density at radius 3 is 2.07 bits per heavy atom. The van der Waals surface area contributed by atoms with Gasteiger partial charge in [-0.15, -0.1) is 0 Å². The van der Waals surface area contributed by atoms with Gasteiger partial charge in [-0.25, -0.2) is 14.4 Å². The summed E-state index contributed by atoms with van der Waals surface area (Å²) in [5.74, 6) is -7.49. The van der Waals surface area contributed by atoms with Crippen molar-refractivity contribution in [3.63, 3.8) is 0 Å². The number of aliphatic hydroxyl groups is 1. The lowest BCUT2D eigenvalue weighted by Crippen LogP contribution is -2.82. The molecule has 6 rings (SSSR count). The van der Waals surface area contributed by atoms with E-state index >= 15 is 9.59 Å². The molecule has 0 aromatic heterocycles. The number of amides is 3. The van der Waals surface area contributed by atoms with Gasteiger partial charge in [0.2, 0.25) is 17.9 Å². The number of carbonyl (C=O) groups excluding carboxylic acids is 9. The van der Waals surface area contributed by atoms with Gasteiger partial charge in [0.1, 0.15) is 48.3 Å². The highest BCUT2D eigenvalue weighted by atomic mass is 16.6. The number of hydrogen-bond acceptors (Lipinski definition) is 20. The molecule has 2 aromatic carbocycles. The number of nitrogens with zero attached hydrogens (tertiary/aromatic N) is 1. The number of esters is 4. The Balaban J connectivity index is 1.41. The first-order chi connectivity index (χ1) is 39.9. The molecule has 3 amide bonds. The Bertz CT molecular complexity index is 2800. The molecule has 0 radical (unpaired) electrons. The molecule has 2 aromatic rings. The predicted molar refractivity (Wildman–Crippen MR) is 305 cm³/mol. The molecule has 5 unspecified atom stereocenters. The first-order valence-corrected chi connectivity index (χ1v) is 28.7. The van der Waals surface area contributed by atoms with E-state index in [1.54, 1.807) is 111 Å². The third-order valence-corrected chi connectivity index (χ3v) is 16.8. The smallest absolute Gasteiger partial charge is 0.408 e. The number of benzene rings is 2. The van der Waals surface area contributed by atoms with Gasteiger partial charge in [-0.2, -0.15) is 0 Å². The van der Waals surface area contributed by atoms with Crippen molar-refractivity contribution in [1.29, 1.82) is 0 Å². The van der Waals surface area contributed by atoms with Crippen molar-refractivity contribution in [2.75, 3.05) is 61.2 Å². The van der Waals surface area contributed by atoms with E-state index in [4.69, 9.17) is 42.6 Å². The first kappa shape index (κ1) is 67.5. The summed E-state index contributed by atoms with van der Waals surface area (Å²) in [5, 5.41) is 22.3. The topological polar surface area (TPSA) is 296 Å². The number of Topliss-reactive ketones (excluding diaryl/α,β-unsaturated/α-hetero) is 2. The third-order valence-electron chi connectivity index (χ3n) is 16.8. The van der Waals surface area contributed by atoms with Gasteiger partial charge in [-0.05, 0) is 89.8 Å². The Kier molecular flexibility index (Phi) is 22.1. The van der Waals surface area contributed by atoms with Crippen molar-refractivity contribution in [3.8, 4) is 0 Å². The van der Waals surface area contributed by atoms with Crippen LogP contribution in [-0.2, 0) is 76.2 Å². The lowest BCUT2D eigenvalue weighted by molar-refractivity contribution is -0.347. The van der Waals surface area contributed by atoms with Crippen molar-refractivity contribution in [2.45, 2.75) is 167 Å². The zero-order valence-corrected chi connectivity index (χ0v) is 51.4. The lowest BCUT2D eigenvalue weighted by Gasteiger charge is -2.67. The van der Waals surface area contributed by atoms with Crippen molar-refractivity contribution in [3.05, 3.63) is 82.9 Å². The van der Waals surface area contributed by atoms with Crippen LogP contribution in [0.4, 0.5) is 4.79 Å². The highest BCUT2D eigenvalue weighted by Gasteiger charge is 2.78. The summed E-state index contributed by atoms with van der Waals surface area (Å²) in [7, 11) is 5.57. The Morgan fingerprint density at radius 2 is 1.51 bits per heavy atom. The van der Waals surface area contributed by atoms with Crippen LogP contribution in [0.15, 0.2) is 71.8 Å². The molecule has 23 nitrogen and oxygen atoms in total. The maximum absolute atomic E-state index is 15.9. The van der Waals surface area contributed by atoms with Crippen LogP contribution in [0.3, 0.4) is 0 Å². The molecule has 85 heavy (non-hydrogen) atoms. The number of likely N-dealkylation sites (N-methyl/N-ethyl adjacent to an activating group) is 1. The number of methoxy groups -OCH3 is 3. The molecular formula is C62H86N4O19. The monoisotopic (exact) mass is 1190 g/mol. The van der Waals surface area contributed by atoms with E-state index in [1.807, 2.05) is 0 Å². The summed E-state index contributed by atoms with van der Waals surface area (Å²) in [6.45, 7) is 15.0. The number of rotatable bonds is 25. The van der Waals surface area contributed by atoms with E-state index in [1.165, 1.54) is 52.3 Å². The molecule has 4 N–H and O–H groups in total. The molecule has 2 bridgehead atoms. The Labute approximate surface area is 497 Å². The molecule has 468 valence electrons. The number of nitrogens with one attached hydrogen (secondary N) is 3. The van der Waals surface area contributed by atoms with E-state index in [-0.39, 0.29) is 60.0 Å². The molecule has 2 saturated carbocycles. The number of ether oxygens (including phenoxy) is 9. The van der Waals surface area contributed by atoms with Crippen LogP contribution in [0.1, 0.15) is 123 Å². The fourth-order valence-electron chi connectivity index (χ4n) is 12.7. The second-order valence-corrected chi connectivity index (χ2v) is 24.6.